The molecule has 0 saturated carbocycles. The van der Waals surface area contributed by atoms with Crippen molar-refractivity contribution in [1.82, 2.24) is 0 Å². The quantitative estimate of drug-likeness (QED) is 0.815. The second kappa shape index (κ2) is 6.71. The number of nitrogens with one attached hydrogen (secondary N) is 1. The topological polar surface area (TPSA) is 29.1 Å². The molecule has 1 aromatic carbocycles. The van der Waals surface area contributed by atoms with Crippen LogP contribution in [0.3, 0.4) is 0 Å². The summed E-state index contributed by atoms with van der Waals surface area (Å²) in [5, 5.41) is 7.67. The third-order valence-electron chi connectivity index (χ3n) is 2.57. The van der Waals surface area contributed by atoms with Gasteiger partial charge < -0.3 is 5.32 Å². The zero-order chi connectivity index (χ0) is 12.8. The Morgan fingerprint density at radius 3 is 2.94 bits per heavy atom. The number of hydrogen-bond acceptors (Lipinski definition) is 2. The average Bonchev–Trinajstić information content (AvgIpc) is 2.91. The summed E-state index contributed by atoms with van der Waals surface area (Å²) < 4.78 is 0. The number of halogens is 1. The zero-order valence-electron chi connectivity index (χ0n) is 9.86. The Hall–Kier alpha value is -1.13. The van der Waals surface area contributed by atoms with Crippen LogP contribution in [0.25, 0.3) is 0 Å². The fourth-order valence-corrected chi connectivity index (χ4v) is 2.59. The van der Waals surface area contributed by atoms with Gasteiger partial charge in [0.15, 0.2) is 0 Å². The summed E-state index contributed by atoms with van der Waals surface area (Å²) in [6.45, 7) is 0. The van der Waals surface area contributed by atoms with Crippen LogP contribution in [0.5, 0.6) is 0 Å². The van der Waals surface area contributed by atoms with Crippen molar-refractivity contribution < 1.29 is 4.79 Å². The molecule has 0 atom stereocenters. The molecule has 0 bridgehead atoms. The van der Waals surface area contributed by atoms with Crippen LogP contribution >= 0.6 is 27.3 Å². The van der Waals surface area contributed by atoms with Crippen molar-refractivity contribution in [2.45, 2.75) is 12.8 Å². The molecule has 94 valence electrons. The lowest BCUT2D eigenvalue weighted by Crippen LogP contribution is -2.10. The molecule has 1 N–H and O–H groups in total. The van der Waals surface area contributed by atoms with Crippen molar-refractivity contribution in [2.24, 2.45) is 0 Å². The monoisotopic (exact) mass is 323 g/mol. The Labute approximate surface area is 119 Å². The molecular weight excluding hydrogens is 310 g/mol. The van der Waals surface area contributed by atoms with Crippen molar-refractivity contribution in [3.63, 3.8) is 0 Å². The second-order valence-electron chi connectivity index (χ2n) is 3.96. The van der Waals surface area contributed by atoms with E-state index in [2.05, 4.69) is 27.3 Å². The number of amides is 1. The van der Waals surface area contributed by atoms with Crippen LogP contribution in [0.15, 0.2) is 41.1 Å². The van der Waals surface area contributed by atoms with Crippen LogP contribution < -0.4 is 5.32 Å². The van der Waals surface area contributed by atoms with Crippen LogP contribution in [0.1, 0.15) is 22.3 Å². The van der Waals surface area contributed by atoms with Crippen molar-refractivity contribution in [2.75, 3.05) is 10.6 Å². The Balaban J connectivity index is 2.03. The summed E-state index contributed by atoms with van der Waals surface area (Å²) in [4.78, 5) is 11.9. The minimum atomic E-state index is -0.0473. The van der Waals surface area contributed by atoms with Gasteiger partial charge in [0, 0.05) is 16.4 Å². The molecule has 0 saturated heterocycles. The van der Waals surface area contributed by atoms with Crippen LogP contribution in [-0.2, 0) is 6.42 Å². The number of carbonyl (C=O) groups excluding carboxylic acids is 1. The molecule has 0 spiro atoms. The molecule has 0 fully saturated rings. The number of carbonyl (C=O) groups is 1. The van der Waals surface area contributed by atoms with E-state index in [9.17, 15) is 4.79 Å². The average molecular weight is 324 g/mol. The highest BCUT2D eigenvalue weighted by atomic mass is 79.9. The molecule has 2 nitrogen and oxygen atoms in total. The Morgan fingerprint density at radius 2 is 2.22 bits per heavy atom. The predicted octanol–water partition coefficient (Wildman–Crippen LogP) is 4.33. The Bertz CT molecular complexity index is 510. The second-order valence-corrected chi connectivity index (χ2v) is 5.53. The summed E-state index contributed by atoms with van der Waals surface area (Å²) in [5.41, 5.74) is 2.82. The number of aryl methyl sites for hydroxylation is 1. The summed E-state index contributed by atoms with van der Waals surface area (Å²) in [5.74, 6) is -0.0473. The first-order chi connectivity index (χ1) is 8.79. The zero-order valence-corrected chi connectivity index (χ0v) is 12.3. The van der Waals surface area contributed by atoms with E-state index in [-0.39, 0.29) is 5.91 Å². The molecule has 4 heteroatoms. The van der Waals surface area contributed by atoms with Gasteiger partial charge in [0.1, 0.15) is 0 Å². The molecular formula is C14H14BrNOS. The van der Waals surface area contributed by atoms with Gasteiger partial charge in [-0.25, -0.2) is 0 Å². The van der Waals surface area contributed by atoms with Gasteiger partial charge in [-0.05, 0) is 42.0 Å². The third-order valence-corrected chi connectivity index (χ3v) is 3.81. The third kappa shape index (κ3) is 3.68. The van der Waals surface area contributed by atoms with E-state index in [1.54, 1.807) is 0 Å². The molecule has 0 unspecified atom stereocenters. The van der Waals surface area contributed by atoms with E-state index in [1.807, 2.05) is 35.0 Å². The number of benzene rings is 1. The first-order valence-corrected chi connectivity index (χ1v) is 7.84. The van der Waals surface area contributed by atoms with Gasteiger partial charge in [-0.3, -0.25) is 4.79 Å². The highest BCUT2D eigenvalue weighted by Crippen LogP contribution is 2.15. The van der Waals surface area contributed by atoms with E-state index in [0.29, 0.717) is 5.56 Å². The minimum Gasteiger partial charge on any atom is -0.322 e. The SMILES string of the molecule is O=C(Nc1cccc(CCCBr)c1)c1ccsc1. The van der Waals surface area contributed by atoms with Gasteiger partial charge in [0.25, 0.3) is 5.91 Å². The van der Waals surface area contributed by atoms with E-state index < -0.39 is 0 Å². The van der Waals surface area contributed by atoms with Crippen molar-refractivity contribution in [3.05, 3.63) is 52.2 Å². The fraction of sp³-hybridized carbons (Fsp3) is 0.214. The molecule has 0 aliphatic heterocycles. The fourth-order valence-electron chi connectivity index (χ4n) is 1.67. The maximum atomic E-state index is 11.9. The number of anilines is 1. The smallest absolute Gasteiger partial charge is 0.256 e. The first-order valence-electron chi connectivity index (χ1n) is 5.78. The van der Waals surface area contributed by atoms with Crippen molar-refractivity contribution in [1.29, 1.82) is 0 Å². The van der Waals surface area contributed by atoms with Gasteiger partial charge in [-0.15, -0.1) is 0 Å². The highest BCUT2D eigenvalue weighted by Gasteiger charge is 2.06. The van der Waals surface area contributed by atoms with Gasteiger partial charge >= 0.3 is 0 Å². The predicted molar refractivity (Wildman–Crippen MR) is 80.8 cm³/mol. The molecule has 18 heavy (non-hydrogen) atoms. The largest absolute Gasteiger partial charge is 0.322 e. The molecule has 1 heterocycles. The van der Waals surface area contributed by atoms with Gasteiger partial charge in [0.2, 0.25) is 0 Å². The van der Waals surface area contributed by atoms with Crippen LogP contribution in [-0.4, -0.2) is 11.2 Å². The minimum absolute atomic E-state index is 0.0473. The normalized spacial score (nSPS) is 10.3. The first kappa shape index (κ1) is 13.3. The molecule has 2 rings (SSSR count). The number of thiophene rings is 1. The molecule has 0 aliphatic rings. The lowest BCUT2D eigenvalue weighted by atomic mass is 10.1. The maximum Gasteiger partial charge on any atom is 0.256 e. The number of rotatable bonds is 5. The van der Waals surface area contributed by atoms with Gasteiger partial charge in [-0.2, -0.15) is 11.3 Å². The van der Waals surface area contributed by atoms with E-state index in [0.717, 1.165) is 23.9 Å². The molecule has 1 aromatic heterocycles. The van der Waals surface area contributed by atoms with E-state index >= 15 is 0 Å². The molecule has 1 amide bonds. The molecule has 2 aromatic rings. The van der Waals surface area contributed by atoms with Crippen molar-refractivity contribution in [3.8, 4) is 0 Å². The van der Waals surface area contributed by atoms with E-state index in [4.69, 9.17) is 0 Å². The lowest BCUT2D eigenvalue weighted by Gasteiger charge is -2.06. The van der Waals surface area contributed by atoms with E-state index in [1.165, 1.54) is 16.9 Å². The summed E-state index contributed by atoms with van der Waals surface area (Å²) >= 11 is 4.95. The van der Waals surface area contributed by atoms with Crippen LogP contribution in [0, 0.1) is 0 Å². The maximum absolute atomic E-state index is 11.9. The summed E-state index contributed by atoms with van der Waals surface area (Å²) in [7, 11) is 0. The van der Waals surface area contributed by atoms with Crippen LogP contribution in [0.2, 0.25) is 0 Å². The summed E-state index contributed by atoms with van der Waals surface area (Å²) in [6, 6.07) is 9.85. The number of alkyl halides is 1. The van der Waals surface area contributed by atoms with Crippen molar-refractivity contribution >= 4 is 38.9 Å². The lowest BCUT2D eigenvalue weighted by molar-refractivity contribution is 0.102. The molecule has 0 aliphatic carbocycles. The Morgan fingerprint density at radius 1 is 1.33 bits per heavy atom. The van der Waals surface area contributed by atoms with Gasteiger partial charge in [-0.1, -0.05) is 28.1 Å². The Kier molecular flexibility index (Phi) is 4.96. The van der Waals surface area contributed by atoms with Gasteiger partial charge in [0.05, 0.1) is 5.56 Å². The molecule has 0 radical (unpaired) electrons. The summed E-state index contributed by atoms with van der Waals surface area (Å²) in [6.07, 6.45) is 2.12. The standard InChI is InChI=1S/C14H14BrNOS/c15-7-2-4-11-3-1-5-13(9-11)16-14(17)12-6-8-18-10-12/h1,3,5-6,8-10H,2,4,7H2,(H,16,17). The van der Waals surface area contributed by atoms with Crippen LogP contribution in [0.4, 0.5) is 5.69 Å². The number of hydrogen-bond donors (Lipinski definition) is 1. The highest BCUT2D eigenvalue weighted by molar-refractivity contribution is 9.09.